The molecule has 1 aromatic carbocycles. The van der Waals surface area contributed by atoms with E-state index in [1.165, 1.54) is 5.56 Å². The molecule has 4 nitrogen and oxygen atoms in total. The number of ether oxygens (including phenoxy) is 1. The predicted molar refractivity (Wildman–Crippen MR) is 78.5 cm³/mol. The van der Waals surface area contributed by atoms with Crippen molar-refractivity contribution in [2.75, 3.05) is 0 Å². The number of aryl methyl sites for hydroxylation is 3. The first-order chi connectivity index (χ1) is 9.65. The fourth-order valence-electron chi connectivity index (χ4n) is 2.50. The molecule has 0 aliphatic heterocycles. The van der Waals surface area contributed by atoms with Crippen molar-refractivity contribution >= 4 is 5.84 Å². The van der Waals surface area contributed by atoms with Gasteiger partial charge in [0.2, 0.25) is 5.88 Å². The Morgan fingerprint density at radius 3 is 2.85 bits per heavy atom. The van der Waals surface area contributed by atoms with Crippen molar-refractivity contribution in [3.05, 3.63) is 52.7 Å². The van der Waals surface area contributed by atoms with Crippen LogP contribution in [0.3, 0.4) is 0 Å². The number of rotatable bonds is 3. The third-order valence-electron chi connectivity index (χ3n) is 3.61. The molecule has 1 heterocycles. The number of nitrogen functional groups attached to an aromatic ring is 1. The summed E-state index contributed by atoms with van der Waals surface area (Å²) in [5.74, 6) is 1.18. The van der Waals surface area contributed by atoms with E-state index in [0.29, 0.717) is 11.4 Å². The van der Waals surface area contributed by atoms with E-state index >= 15 is 0 Å². The molecule has 1 aliphatic rings. The van der Waals surface area contributed by atoms with Crippen LogP contribution < -0.4 is 10.5 Å². The van der Waals surface area contributed by atoms with Crippen molar-refractivity contribution in [3.8, 4) is 11.6 Å². The van der Waals surface area contributed by atoms with Crippen LogP contribution in [-0.2, 0) is 12.8 Å². The Bertz CT molecular complexity index is 679. The monoisotopic (exact) mass is 267 g/mol. The van der Waals surface area contributed by atoms with Gasteiger partial charge in [-0.15, -0.1) is 0 Å². The third kappa shape index (κ3) is 2.25. The first-order valence-corrected chi connectivity index (χ1v) is 6.76. The summed E-state index contributed by atoms with van der Waals surface area (Å²) in [6.45, 7) is 1.98. The number of nitrogens with two attached hydrogens (primary N) is 1. The number of hydrogen-bond donors (Lipinski definition) is 2. The minimum absolute atomic E-state index is 0.00390. The molecular weight excluding hydrogens is 250 g/mol. The molecule has 0 bridgehead atoms. The lowest BCUT2D eigenvalue weighted by atomic mass is 10.1. The highest BCUT2D eigenvalue weighted by molar-refractivity contribution is 5.97. The Morgan fingerprint density at radius 1 is 1.30 bits per heavy atom. The van der Waals surface area contributed by atoms with Crippen molar-refractivity contribution in [1.29, 1.82) is 5.41 Å². The number of amidine groups is 1. The topological polar surface area (TPSA) is 72.0 Å². The van der Waals surface area contributed by atoms with Gasteiger partial charge < -0.3 is 10.5 Å². The van der Waals surface area contributed by atoms with Gasteiger partial charge in [0.1, 0.15) is 11.6 Å². The number of para-hydroxylation sites is 1. The van der Waals surface area contributed by atoms with Crippen LogP contribution in [0.5, 0.6) is 11.6 Å². The maximum Gasteiger partial charge on any atom is 0.230 e. The van der Waals surface area contributed by atoms with Gasteiger partial charge in [0, 0.05) is 5.69 Å². The molecule has 0 unspecified atom stereocenters. The quantitative estimate of drug-likeness (QED) is 0.663. The van der Waals surface area contributed by atoms with E-state index < -0.39 is 0 Å². The maximum absolute atomic E-state index is 7.72. The summed E-state index contributed by atoms with van der Waals surface area (Å²) in [6.07, 6.45) is 3.08. The Kier molecular flexibility index (Phi) is 3.14. The van der Waals surface area contributed by atoms with Crippen LogP contribution in [0.4, 0.5) is 0 Å². The summed E-state index contributed by atoms with van der Waals surface area (Å²) in [5.41, 5.74) is 9.53. The molecule has 102 valence electrons. The van der Waals surface area contributed by atoms with Gasteiger partial charge >= 0.3 is 0 Å². The molecule has 20 heavy (non-hydrogen) atoms. The second-order valence-electron chi connectivity index (χ2n) is 5.08. The average Bonchev–Trinajstić information content (AvgIpc) is 2.87. The SMILES string of the molecule is Cc1ccccc1Oc1nc2c(cc1C(=N)N)CCC2. The van der Waals surface area contributed by atoms with E-state index in [1.54, 1.807) is 0 Å². The lowest BCUT2D eigenvalue weighted by molar-refractivity contribution is 0.456. The van der Waals surface area contributed by atoms with Crippen molar-refractivity contribution in [1.82, 2.24) is 4.98 Å². The van der Waals surface area contributed by atoms with E-state index in [2.05, 4.69) is 4.98 Å². The number of aromatic nitrogens is 1. The van der Waals surface area contributed by atoms with Crippen molar-refractivity contribution in [3.63, 3.8) is 0 Å². The molecule has 0 atom stereocenters. The largest absolute Gasteiger partial charge is 0.438 e. The van der Waals surface area contributed by atoms with E-state index in [4.69, 9.17) is 15.9 Å². The molecule has 2 aromatic rings. The number of hydrogen-bond acceptors (Lipinski definition) is 3. The molecule has 0 amide bonds. The molecule has 3 N–H and O–H groups in total. The van der Waals surface area contributed by atoms with Crippen molar-refractivity contribution in [2.45, 2.75) is 26.2 Å². The Labute approximate surface area is 118 Å². The van der Waals surface area contributed by atoms with Crippen molar-refractivity contribution < 1.29 is 4.74 Å². The van der Waals surface area contributed by atoms with Crippen LogP contribution in [0.25, 0.3) is 0 Å². The van der Waals surface area contributed by atoms with E-state index in [-0.39, 0.29) is 5.84 Å². The van der Waals surface area contributed by atoms with Gasteiger partial charge in [0.05, 0.1) is 5.56 Å². The maximum atomic E-state index is 7.72. The molecule has 3 rings (SSSR count). The Morgan fingerprint density at radius 2 is 2.10 bits per heavy atom. The van der Waals surface area contributed by atoms with Crippen LogP contribution in [-0.4, -0.2) is 10.8 Å². The minimum Gasteiger partial charge on any atom is -0.438 e. The summed E-state index contributed by atoms with van der Waals surface area (Å²) < 4.78 is 5.89. The lowest BCUT2D eigenvalue weighted by Gasteiger charge is -2.13. The number of nitrogens with zero attached hydrogens (tertiary/aromatic N) is 1. The highest BCUT2D eigenvalue weighted by Gasteiger charge is 2.19. The summed E-state index contributed by atoms with van der Waals surface area (Å²) in [5, 5.41) is 7.72. The zero-order valence-corrected chi connectivity index (χ0v) is 11.4. The normalized spacial score (nSPS) is 13.1. The fraction of sp³-hybridized carbons (Fsp3) is 0.250. The standard InChI is InChI=1S/C16H17N3O/c1-10-5-2-3-8-14(10)20-16-12(15(17)18)9-11-6-4-7-13(11)19-16/h2-3,5,8-9H,4,6-7H2,1H3,(H3,17,18). The number of benzene rings is 1. The Hall–Kier alpha value is -2.36. The van der Waals surface area contributed by atoms with Gasteiger partial charge in [-0.3, -0.25) is 5.41 Å². The van der Waals surface area contributed by atoms with Gasteiger partial charge in [-0.25, -0.2) is 4.98 Å². The van der Waals surface area contributed by atoms with E-state index in [1.807, 2.05) is 37.3 Å². The number of pyridine rings is 1. The first-order valence-electron chi connectivity index (χ1n) is 6.76. The number of nitrogens with one attached hydrogen (secondary N) is 1. The summed E-state index contributed by atoms with van der Waals surface area (Å²) in [6, 6.07) is 9.71. The third-order valence-corrected chi connectivity index (χ3v) is 3.61. The highest BCUT2D eigenvalue weighted by Crippen LogP contribution is 2.30. The van der Waals surface area contributed by atoms with Crippen LogP contribution in [0, 0.1) is 12.3 Å². The Balaban J connectivity index is 2.04. The molecular formula is C16H17N3O. The molecule has 1 aromatic heterocycles. The van der Waals surface area contributed by atoms with Gasteiger partial charge in [0.15, 0.2) is 0 Å². The molecule has 0 radical (unpaired) electrons. The predicted octanol–water partition coefficient (Wildman–Crippen LogP) is 2.96. The smallest absolute Gasteiger partial charge is 0.230 e. The highest BCUT2D eigenvalue weighted by atomic mass is 16.5. The molecule has 0 spiro atoms. The summed E-state index contributed by atoms with van der Waals surface area (Å²) in [4.78, 5) is 4.57. The zero-order chi connectivity index (χ0) is 14.1. The van der Waals surface area contributed by atoms with Gasteiger partial charge in [-0.2, -0.15) is 0 Å². The van der Waals surface area contributed by atoms with Gasteiger partial charge in [-0.1, -0.05) is 18.2 Å². The molecule has 0 fully saturated rings. The lowest BCUT2D eigenvalue weighted by Crippen LogP contribution is -2.14. The molecule has 1 aliphatic carbocycles. The average molecular weight is 267 g/mol. The second-order valence-corrected chi connectivity index (χ2v) is 5.08. The van der Waals surface area contributed by atoms with E-state index in [0.717, 1.165) is 36.3 Å². The van der Waals surface area contributed by atoms with Crippen LogP contribution in [0.2, 0.25) is 0 Å². The summed E-state index contributed by atoms with van der Waals surface area (Å²) in [7, 11) is 0. The second kappa shape index (κ2) is 4.96. The minimum atomic E-state index is -0.00390. The van der Waals surface area contributed by atoms with Crippen molar-refractivity contribution in [2.24, 2.45) is 5.73 Å². The zero-order valence-electron chi connectivity index (χ0n) is 11.4. The van der Waals surface area contributed by atoms with Gasteiger partial charge in [0.25, 0.3) is 0 Å². The van der Waals surface area contributed by atoms with Crippen LogP contribution in [0.15, 0.2) is 30.3 Å². The fourth-order valence-corrected chi connectivity index (χ4v) is 2.50. The van der Waals surface area contributed by atoms with Gasteiger partial charge in [-0.05, 0) is 49.4 Å². The van der Waals surface area contributed by atoms with Crippen LogP contribution >= 0.6 is 0 Å². The van der Waals surface area contributed by atoms with E-state index in [9.17, 15) is 0 Å². The molecule has 4 heteroatoms. The summed E-state index contributed by atoms with van der Waals surface area (Å²) >= 11 is 0. The molecule has 0 saturated heterocycles. The van der Waals surface area contributed by atoms with Crippen LogP contribution in [0.1, 0.15) is 28.8 Å². The molecule has 0 saturated carbocycles. The first kappa shape index (κ1) is 12.7. The number of fused-ring (bicyclic) bond motifs is 1.